The van der Waals surface area contributed by atoms with Gasteiger partial charge in [0.15, 0.2) is 0 Å². The number of nitrogens with zero attached hydrogens (tertiary/aromatic N) is 5. The van der Waals surface area contributed by atoms with Crippen molar-refractivity contribution in [3.05, 3.63) is 82.7 Å². The standard InChI is InChI=1S/C23H21Cl2N5O/c1-28(18-7-4-16(24)5-8-18)12-13-29(2)22(31)20-15-30(23-26-10-3-11-27-23)21-14-17(25)6-9-19(20)21/h3-11,14-15H,12-13H2,1-2H3. The first-order valence-corrected chi connectivity index (χ1v) is 10.5. The molecule has 6 nitrogen and oxygen atoms in total. The van der Waals surface area contributed by atoms with Gasteiger partial charge in [-0.1, -0.05) is 29.3 Å². The van der Waals surface area contributed by atoms with Gasteiger partial charge in [0.2, 0.25) is 5.95 Å². The Kier molecular flexibility index (Phi) is 6.11. The summed E-state index contributed by atoms with van der Waals surface area (Å²) in [6.45, 7) is 1.23. The number of amides is 1. The average molecular weight is 454 g/mol. The van der Waals surface area contributed by atoms with E-state index >= 15 is 0 Å². The van der Waals surface area contributed by atoms with E-state index in [2.05, 4.69) is 14.9 Å². The van der Waals surface area contributed by atoms with Gasteiger partial charge in [0.25, 0.3) is 5.91 Å². The number of anilines is 1. The van der Waals surface area contributed by atoms with Gasteiger partial charge in [-0.25, -0.2) is 9.97 Å². The van der Waals surface area contributed by atoms with Gasteiger partial charge in [0.1, 0.15) is 0 Å². The molecule has 158 valence electrons. The lowest BCUT2D eigenvalue weighted by molar-refractivity contribution is 0.0800. The summed E-state index contributed by atoms with van der Waals surface area (Å²) in [6, 6.07) is 14.8. The van der Waals surface area contributed by atoms with Crippen LogP contribution in [-0.2, 0) is 0 Å². The van der Waals surface area contributed by atoms with Crippen LogP contribution in [0.3, 0.4) is 0 Å². The third-order valence-corrected chi connectivity index (χ3v) is 5.64. The SMILES string of the molecule is CN(CCN(C)c1ccc(Cl)cc1)C(=O)c1cn(-c2ncccn2)c2cc(Cl)ccc12. The lowest BCUT2D eigenvalue weighted by atomic mass is 10.1. The van der Waals surface area contributed by atoms with Crippen molar-refractivity contribution in [1.29, 1.82) is 0 Å². The van der Waals surface area contributed by atoms with Gasteiger partial charge in [-0.2, -0.15) is 0 Å². The molecule has 0 atom stereocenters. The molecule has 0 bridgehead atoms. The Labute approximate surface area is 190 Å². The van der Waals surface area contributed by atoms with Crippen LogP contribution < -0.4 is 4.90 Å². The van der Waals surface area contributed by atoms with Gasteiger partial charge in [0, 0.05) is 66.9 Å². The highest BCUT2D eigenvalue weighted by atomic mass is 35.5. The second kappa shape index (κ2) is 8.96. The Morgan fingerprint density at radius 2 is 1.65 bits per heavy atom. The molecule has 0 saturated heterocycles. The summed E-state index contributed by atoms with van der Waals surface area (Å²) in [7, 11) is 3.79. The smallest absolute Gasteiger partial charge is 0.255 e. The molecule has 2 aromatic carbocycles. The third-order valence-electron chi connectivity index (χ3n) is 5.15. The number of hydrogen-bond donors (Lipinski definition) is 0. The van der Waals surface area contributed by atoms with Gasteiger partial charge in [0.05, 0.1) is 11.1 Å². The van der Waals surface area contributed by atoms with E-state index in [1.165, 1.54) is 0 Å². The summed E-state index contributed by atoms with van der Waals surface area (Å²) in [6.07, 6.45) is 5.11. The fourth-order valence-electron chi connectivity index (χ4n) is 3.38. The van der Waals surface area contributed by atoms with Crippen LogP contribution in [0.4, 0.5) is 5.69 Å². The predicted molar refractivity (Wildman–Crippen MR) is 126 cm³/mol. The van der Waals surface area contributed by atoms with Crippen molar-refractivity contribution >= 4 is 45.7 Å². The summed E-state index contributed by atoms with van der Waals surface area (Å²) in [5, 5.41) is 2.09. The fourth-order valence-corrected chi connectivity index (χ4v) is 3.68. The number of likely N-dealkylation sites (N-methyl/N-ethyl adjacent to an activating group) is 2. The van der Waals surface area contributed by atoms with Crippen molar-refractivity contribution < 1.29 is 4.79 Å². The molecule has 31 heavy (non-hydrogen) atoms. The quantitative estimate of drug-likeness (QED) is 0.415. The number of hydrogen-bond acceptors (Lipinski definition) is 4. The molecule has 4 rings (SSSR count). The third kappa shape index (κ3) is 4.50. The Bertz CT molecular complexity index is 1210. The Balaban J connectivity index is 1.58. The summed E-state index contributed by atoms with van der Waals surface area (Å²) in [4.78, 5) is 25.7. The summed E-state index contributed by atoms with van der Waals surface area (Å²) in [5.41, 5.74) is 2.40. The largest absolute Gasteiger partial charge is 0.373 e. The lowest BCUT2D eigenvalue weighted by Crippen LogP contribution is -2.34. The van der Waals surface area contributed by atoms with Gasteiger partial charge < -0.3 is 9.80 Å². The van der Waals surface area contributed by atoms with Crippen molar-refractivity contribution in [2.75, 3.05) is 32.1 Å². The molecule has 0 fully saturated rings. The van der Waals surface area contributed by atoms with Crippen LogP contribution in [0, 0.1) is 0 Å². The van der Waals surface area contributed by atoms with Crippen LogP contribution in [0.15, 0.2) is 67.1 Å². The zero-order valence-electron chi connectivity index (χ0n) is 17.2. The van der Waals surface area contributed by atoms with Crippen LogP contribution in [0.2, 0.25) is 10.0 Å². The zero-order chi connectivity index (χ0) is 22.0. The molecule has 0 aliphatic rings. The molecule has 0 aliphatic heterocycles. The molecule has 0 saturated carbocycles. The molecule has 0 unspecified atom stereocenters. The number of carbonyl (C=O) groups is 1. The first kappa shape index (κ1) is 21.2. The van der Waals surface area contributed by atoms with E-state index in [1.54, 1.807) is 47.2 Å². The van der Waals surface area contributed by atoms with Crippen molar-refractivity contribution in [2.45, 2.75) is 0 Å². The fraction of sp³-hybridized carbons (Fsp3) is 0.174. The topological polar surface area (TPSA) is 54.3 Å². The maximum absolute atomic E-state index is 13.3. The number of fused-ring (bicyclic) bond motifs is 1. The number of halogens is 2. The summed E-state index contributed by atoms with van der Waals surface area (Å²) < 4.78 is 1.79. The van der Waals surface area contributed by atoms with Gasteiger partial charge in [-0.3, -0.25) is 9.36 Å². The molecule has 8 heteroatoms. The van der Waals surface area contributed by atoms with Crippen LogP contribution in [0.25, 0.3) is 16.9 Å². The first-order valence-electron chi connectivity index (χ1n) is 9.74. The Morgan fingerprint density at radius 1 is 0.968 bits per heavy atom. The molecular formula is C23H21Cl2N5O. The van der Waals surface area contributed by atoms with Crippen LogP contribution in [-0.4, -0.2) is 52.5 Å². The normalized spacial score (nSPS) is 11.0. The van der Waals surface area contributed by atoms with Crippen molar-refractivity contribution in [1.82, 2.24) is 19.4 Å². The Hall–Kier alpha value is -3.09. The monoisotopic (exact) mass is 453 g/mol. The number of aromatic nitrogens is 3. The molecule has 0 aliphatic carbocycles. The van der Waals surface area contributed by atoms with Crippen LogP contribution >= 0.6 is 23.2 Å². The van der Waals surface area contributed by atoms with Crippen molar-refractivity contribution in [2.24, 2.45) is 0 Å². The van der Waals surface area contributed by atoms with Gasteiger partial charge in [-0.05, 0) is 42.5 Å². The first-order chi connectivity index (χ1) is 14.9. The van der Waals surface area contributed by atoms with E-state index in [0.717, 1.165) is 16.6 Å². The van der Waals surface area contributed by atoms with Crippen LogP contribution in [0.1, 0.15) is 10.4 Å². The maximum Gasteiger partial charge on any atom is 0.255 e. The average Bonchev–Trinajstić information content (AvgIpc) is 3.16. The van der Waals surface area contributed by atoms with Crippen LogP contribution in [0.5, 0.6) is 0 Å². The molecule has 0 N–H and O–H groups in total. The molecule has 0 spiro atoms. The zero-order valence-corrected chi connectivity index (χ0v) is 18.7. The lowest BCUT2D eigenvalue weighted by Gasteiger charge is -2.23. The van der Waals surface area contributed by atoms with E-state index in [9.17, 15) is 4.79 Å². The Morgan fingerprint density at radius 3 is 2.35 bits per heavy atom. The number of benzene rings is 2. The van der Waals surface area contributed by atoms with Crippen molar-refractivity contribution in [3.63, 3.8) is 0 Å². The predicted octanol–water partition coefficient (Wildman–Crippen LogP) is 4.94. The second-order valence-corrected chi connectivity index (χ2v) is 8.12. The molecular weight excluding hydrogens is 433 g/mol. The minimum atomic E-state index is -0.0773. The minimum Gasteiger partial charge on any atom is -0.373 e. The van der Waals surface area contributed by atoms with E-state index in [4.69, 9.17) is 23.2 Å². The van der Waals surface area contributed by atoms with Gasteiger partial charge >= 0.3 is 0 Å². The molecule has 0 radical (unpaired) electrons. The highest BCUT2D eigenvalue weighted by molar-refractivity contribution is 6.31. The highest BCUT2D eigenvalue weighted by Gasteiger charge is 2.20. The summed E-state index contributed by atoms with van der Waals surface area (Å²) >= 11 is 12.2. The van der Waals surface area contributed by atoms with Gasteiger partial charge in [-0.15, -0.1) is 0 Å². The number of carbonyl (C=O) groups excluding carboxylic acids is 1. The molecule has 2 aromatic heterocycles. The van der Waals surface area contributed by atoms with E-state index in [0.29, 0.717) is 34.6 Å². The number of rotatable bonds is 6. The molecule has 2 heterocycles. The molecule has 1 amide bonds. The second-order valence-electron chi connectivity index (χ2n) is 7.25. The van der Waals surface area contributed by atoms with E-state index < -0.39 is 0 Å². The minimum absolute atomic E-state index is 0.0773. The van der Waals surface area contributed by atoms with Crippen molar-refractivity contribution in [3.8, 4) is 5.95 Å². The van der Waals surface area contributed by atoms with E-state index in [1.807, 2.05) is 43.4 Å². The van der Waals surface area contributed by atoms with E-state index in [-0.39, 0.29) is 5.91 Å². The summed E-state index contributed by atoms with van der Waals surface area (Å²) in [5.74, 6) is 0.408. The molecule has 4 aromatic rings. The maximum atomic E-state index is 13.3. The highest BCUT2D eigenvalue weighted by Crippen LogP contribution is 2.27.